The van der Waals surface area contributed by atoms with Crippen molar-refractivity contribution in [2.45, 2.75) is 37.0 Å². The number of nitrogens with one attached hydrogen (secondary N) is 1. The van der Waals surface area contributed by atoms with Gasteiger partial charge in [0, 0.05) is 18.2 Å². The minimum absolute atomic E-state index is 0.0797. The summed E-state index contributed by atoms with van der Waals surface area (Å²) in [6.07, 6.45) is 0.837. The second-order valence-corrected chi connectivity index (χ2v) is 8.43. The van der Waals surface area contributed by atoms with Gasteiger partial charge in [0.05, 0.1) is 11.0 Å². The van der Waals surface area contributed by atoms with Crippen LogP contribution in [-0.2, 0) is 20.3 Å². The Bertz CT molecular complexity index is 828. The zero-order valence-corrected chi connectivity index (χ0v) is 16.3. The predicted molar refractivity (Wildman–Crippen MR) is 99.1 cm³/mol. The highest BCUT2D eigenvalue weighted by molar-refractivity contribution is 7.90. The number of rotatable bonds is 9. The fourth-order valence-corrected chi connectivity index (χ4v) is 3.54. The highest BCUT2D eigenvalue weighted by Gasteiger charge is 2.19. The number of amides is 1. The Hall–Kier alpha value is -1.83. The number of halogens is 1. The van der Waals surface area contributed by atoms with Crippen LogP contribution in [0.1, 0.15) is 36.6 Å². The highest BCUT2D eigenvalue weighted by atomic mass is 35.5. The van der Waals surface area contributed by atoms with Crippen molar-refractivity contribution in [2.75, 3.05) is 13.2 Å². The molecule has 6 nitrogen and oxygen atoms in total. The molecule has 1 amide bonds. The molecular formula is C18H22ClNO5S. The van der Waals surface area contributed by atoms with Crippen molar-refractivity contribution in [2.24, 2.45) is 0 Å². The standard InChI is InChI=1S/C18H22ClNO5S/c1-13(2)24-11-3-10-20-18(21)17-9-6-15(25-17)12-26(22,23)16-7-4-14(19)5-8-16/h4-9,13H,3,10-12H2,1-2H3,(H,20,21). The Labute approximate surface area is 158 Å². The summed E-state index contributed by atoms with van der Waals surface area (Å²) in [6, 6.07) is 8.86. The monoisotopic (exact) mass is 399 g/mol. The zero-order valence-electron chi connectivity index (χ0n) is 14.7. The molecule has 0 unspecified atom stereocenters. The van der Waals surface area contributed by atoms with Crippen LogP contribution in [0.4, 0.5) is 0 Å². The summed E-state index contributed by atoms with van der Waals surface area (Å²) in [5.41, 5.74) is 0. The minimum atomic E-state index is -3.58. The van der Waals surface area contributed by atoms with E-state index in [4.69, 9.17) is 20.8 Å². The van der Waals surface area contributed by atoms with Crippen LogP contribution in [0.15, 0.2) is 45.7 Å². The first-order valence-electron chi connectivity index (χ1n) is 8.25. The molecule has 0 saturated heterocycles. The number of ether oxygens (including phenoxy) is 1. The maximum atomic E-state index is 12.4. The zero-order chi connectivity index (χ0) is 19.2. The third-order valence-electron chi connectivity index (χ3n) is 3.45. The van der Waals surface area contributed by atoms with Gasteiger partial charge < -0.3 is 14.5 Å². The van der Waals surface area contributed by atoms with Crippen LogP contribution in [-0.4, -0.2) is 33.6 Å². The molecule has 142 valence electrons. The molecule has 0 fully saturated rings. The second kappa shape index (κ2) is 9.21. The number of sulfone groups is 1. The van der Waals surface area contributed by atoms with Crippen molar-refractivity contribution in [3.8, 4) is 0 Å². The van der Waals surface area contributed by atoms with Crippen molar-refractivity contribution in [3.05, 3.63) is 52.9 Å². The minimum Gasteiger partial charge on any atom is -0.455 e. The molecule has 26 heavy (non-hydrogen) atoms. The van der Waals surface area contributed by atoms with Crippen LogP contribution in [0.3, 0.4) is 0 Å². The lowest BCUT2D eigenvalue weighted by molar-refractivity contribution is 0.0753. The van der Waals surface area contributed by atoms with Crippen LogP contribution in [0, 0.1) is 0 Å². The van der Waals surface area contributed by atoms with Gasteiger partial charge in [0.25, 0.3) is 5.91 Å². The average Bonchev–Trinajstić information content (AvgIpc) is 3.02. The van der Waals surface area contributed by atoms with Crippen molar-refractivity contribution in [1.29, 1.82) is 0 Å². The van der Waals surface area contributed by atoms with Crippen molar-refractivity contribution < 1.29 is 22.4 Å². The Morgan fingerprint density at radius 1 is 1.19 bits per heavy atom. The third kappa shape index (κ3) is 6.16. The van der Waals surface area contributed by atoms with Gasteiger partial charge in [0.2, 0.25) is 0 Å². The molecule has 1 aromatic heterocycles. The number of benzene rings is 1. The normalized spacial score (nSPS) is 11.7. The van der Waals surface area contributed by atoms with E-state index < -0.39 is 9.84 Å². The van der Waals surface area contributed by atoms with E-state index in [2.05, 4.69) is 5.32 Å². The quantitative estimate of drug-likeness (QED) is 0.652. The largest absolute Gasteiger partial charge is 0.455 e. The number of hydrogen-bond acceptors (Lipinski definition) is 5. The fourth-order valence-electron chi connectivity index (χ4n) is 2.17. The third-order valence-corrected chi connectivity index (χ3v) is 5.36. The first kappa shape index (κ1) is 20.5. The van der Waals surface area contributed by atoms with Crippen molar-refractivity contribution in [3.63, 3.8) is 0 Å². The SMILES string of the molecule is CC(C)OCCCNC(=O)c1ccc(CS(=O)(=O)c2ccc(Cl)cc2)o1. The molecule has 0 aliphatic rings. The van der Waals surface area contributed by atoms with E-state index in [0.717, 1.165) is 0 Å². The van der Waals surface area contributed by atoms with E-state index in [0.29, 0.717) is 24.6 Å². The molecular weight excluding hydrogens is 378 g/mol. The van der Waals surface area contributed by atoms with E-state index >= 15 is 0 Å². The van der Waals surface area contributed by atoms with Crippen LogP contribution in [0.25, 0.3) is 0 Å². The molecule has 1 aromatic carbocycles. The predicted octanol–water partition coefficient (Wildman–Crippen LogP) is 3.45. The molecule has 0 spiro atoms. The lowest BCUT2D eigenvalue weighted by atomic mass is 10.4. The summed E-state index contributed by atoms with van der Waals surface area (Å²) in [5, 5.41) is 3.17. The van der Waals surface area contributed by atoms with E-state index in [1.165, 1.54) is 36.4 Å². The van der Waals surface area contributed by atoms with Crippen molar-refractivity contribution in [1.82, 2.24) is 5.32 Å². The van der Waals surface area contributed by atoms with E-state index in [9.17, 15) is 13.2 Å². The van der Waals surface area contributed by atoms with E-state index in [-0.39, 0.29) is 34.2 Å². The van der Waals surface area contributed by atoms with Gasteiger partial charge in [-0.3, -0.25) is 4.79 Å². The van der Waals surface area contributed by atoms with E-state index in [1.54, 1.807) is 0 Å². The summed E-state index contributed by atoms with van der Waals surface area (Å²) < 4.78 is 35.5. The van der Waals surface area contributed by atoms with E-state index in [1.807, 2.05) is 13.8 Å². The Morgan fingerprint density at radius 2 is 1.88 bits per heavy atom. The Morgan fingerprint density at radius 3 is 2.54 bits per heavy atom. The molecule has 0 saturated carbocycles. The summed E-state index contributed by atoms with van der Waals surface area (Å²) in [6.45, 7) is 4.90. The highest BCUT2D eigenvalue weighted by Crippen LogP contribution is 2.20. The lowest BCUT2D eigenvalue weighted by Gasteiger charge is -2.07. The second-order valence-electron chi connectivity index (χ2n) is 6.01. The smallest absolute Gasteiger partial charge is 0.286 e. The molecule has 2 rings (SSSR count). The molecule has 0 aliphatic heterocycles. The van der Waals surface area contributed by atoms with Gasteiger partial charge in [0.1, 0.15) is 11.5 Å². The molecule has 0 atom stereocenters. The maximum Gasteiger partial charge on any atom is 0.286 e. The number of furan rings is 1. The number of hydrogen-bond donors (Lipinski definition) is 1. The molecule has 2 aromatic rings. The summed E-state index contributed by atoms with van der Waals surface area (Å²) in [7, 11) is -3.58. The summed E-state index contributed by atoms with van der Waals surface area (Å²) in [4.78, 5) is 12.2. The van der Waals surface area contributed by atoms with Crippen LogP contribution in [0.2, 0.25) is 5.02 Å². The fraction of sp³-hybridized carbons (Fsp3) is 0.389. The average molecular weight is 400 g/mol. The number of carbonyl (C=O) groups excluding carboxylic acids is 1. The maximum absolute atomic E-state index is 12.4. The van der Waals surface area contributed by atoms with Gasteiger partial charge in [-0.15, -0.1) is 0 Å². The molecule has 0 bridgehead atoms. The van der Waals surface area contributed by atoms with Crippen molar-refractivity contribution >= 4 is 27.3 Å². The van der Waals surface area contributed by atoms with Gasteiger partial charge in [-0.05, 0) is 56.7 Å². The van der Waals surface area contributed by atoms with Crippen LogP contribution in [0.5, 0.6) is 0 Å². The Kier molecular flexibility index (Phi) is 7.25. The van der Waals surface area contributed by atoms with Crippen LogP contribution < -0.4 is 5.32 Å². The van der Waals surface area contributed by atoms with Crippen LogP contribution >= 0.6 is 11.6 Å². The molecule has 1 N–H and O–H groups in total. The lowest BCUT2D eigenvalue weighted by Crippen LogP contribution is -2.25. The van der Waals surface area contributed by atoms with Gasteiger partial charge in [-0.1, -0.05) is 11.6 Å². The summed E-state index contributed by atoms with van der Waals surface area (Å²) >= 11 is 5.77. The number of carbonyl (C=O) groups is 1. The molecule has 1 heterocycles. The Balaban J connectivity index is 1.90. The molecule has 0 radical (unpaired) electrons. The van der Waals surface area contributed by atoms with Gasteiger partial charge in [-0.25, -0.2) is 8.42 Å². The molecule has 0 aliphatic carbocycles. The summed E-state index contributed by atoms with van der Waals surface area (Å²) in [5.74, 6) is -0.432. The topological polar surface area (TPSA) is 85.6 Å². The van der Waals surface area contributed by atoms with Gasteiger partial charge in [-0.2, -0.15) is 0 Å². The first-order chi connectivity index (χ1) is 12.3. The van der Waals surface area contributed by atoms with Gasteiger partial charge in [0.15, 0.2) is 15.6 Å². The van der Waals surface area contributed by atoms with Gasteiger partial charge >= 0.3 is 0 Å². The molecule has 8 heteroatoms. The first-order valence-corrected chi connectivity index (χ1v) is 10.3.